The molecule has 1 unspecified atom stereocenters. The van der Waals surface area contributed by atoms with Crippen molar-refractivity contribution in [2.75, 3.05) is 13.2 Å². The van der Waals surface area contributed by atoms with Gasteiger partial charge in [0.2, 0.25) is 0 Å². The molecule has 0 saturated heterocycles. The number of unbranched alkanes of at least 4 members (excludes halogenated alkanes) is 13. The van der Waals surface area contributed by atoms with E-state index in [4.69, 9.17) is 4.74 Å². The predicted molar refractivity (Wildman–Crippen MR) is 163 cm³/mol. The lowest BCUT2D eigenvalue weighted by Crippen LogP contribution is -2.06. The topological polar surface area (TPSA) is 9.23 Å². The van der Waals surface area contributed by atoms with Gasteiger partial charge in [0.15, 0.2) is 0 Å². The Morgan fingerprint density at radius 3 is 1.97 bits per heavy atom. The van der Waals surface area contributed by atoms with Gasteiger partial charge in [0.25, 0.3) is 0 Å². The molecule has 0 fully saturated rings. The molecule has 1 heteroatoms. The molecule has 0 aromatic rings. The van der Waals surface area contributed by atoms with Crippen molar-refractivity contribution in [3.8, 4) is 0 Å². The van der Waals surface area contributed by atoms with Crippen LogP contribution >= 0.6 is 0 Å². The van der Waals surface area contributed by atoms with Gasteiger partial charge in [0.05, 0.1) is 6.61 Å². The molecule has 1 rings (SSSR count). The summed E-state index contributed by atoms with van der Waals surface area (Å²) < 4.78 is 5.82. The van der Waals surface area contributed by atoms with E-state index in [2.05, 4.69) is 71.1 Å². The van der Waals surface area contributed by atoms with Crippen molar-refractivity contribution in [1.82, 2.24) is 0 Å². The highest BCUT2D eigenvalue weighted by Crippen LogP contribution is 2.30. The van der Waals surface area contributed by atoms with Crippen LogP contribution in [0.15, 0.2) is 58.7 Å². The highest BCUT2D eigenvalue weighted by molar-refractivity contribution is 5.34. The quantitative estimate of drug-likeness (QED) is 0.113. The summed E-state index contributed by atoms with van der Waals surface area (Å²) in [6.45, 7) is 12.9. The number of ether oxygens (including phenoxy) is 1. The summed E-state index contributed by atoms with van der Waals surface area (Å²) in [5, 5.41) is 0. The van der Waals surface area contributed by atoms with Crippen LogP contribution in [-0.2, 0) is 4.74 Å². The lowest BCUT2D eigenvalue weighted by molar-refractivity contribution is 0.157. The fourth-order valence-electron chi connectivity index (χ4n) is 5.07. The molecule has 0 aliphatic heterocycles. The fourth-order valence-corrected chi connectivity index (χ4v) is 5.07. The van der Waals surface area contributed by atoms with Gasteiger partial charge in [-0.25, -0.2) is 0 Å². The lowest BCUT2D eigenvalue weighted by atomic mass is 9.84. The highest BCUT2D eigenvalue weighted by atomic mass is 16.5. The van der Waals surface area contributed by atoms with Crippen LogP contribution in [0.25, 0.3) is 0 Å². The largest absolute Gasteiger partial charge is 0.377 e. The molecule has 0 bridgehead atoms. The van der Waals surface area contributed by atoms with E-state index in [0.29, 0.717) is 5.92 Å². The molecule has 1 aliphatic rings. The molecule has 0 aromatic heterocycles. The fraction of sp³-hybridized carbons (Fsp3) is 0.714. The van der Waals surface area contributed by atoms with Crippen molar-refractivity contribution in [1.29, 1.82) is 0 Å². The van der Waals surface area contributed by atoms with Crippen molar-refractivity contribution < 1.29 is 4.74 Å². The van der Waals surface area contributed by atoms with Crippen molar-refractivity contribution in [3.05, 3.63) is 58.7 Å². The third-order valence-electron chi connectivity index (χ3n) is 7.62. The van der Waals surface area contributed by atoms with E-state index in [1.165, 1.54) is 120 Å². The molecule has 36 heavy (non-hydrogen) atoms. The van der Waals surface area contributed by atoms with Gasteiger partial charge in [-0.05, 0) is 57.9 Å². The van der Waals surface area contributed by atoms with Gasteiger partial charge in [-0.3, -0.25) is 0 Å². The summed E-state index contributed by atoms with van der Waals surface area (Å²) >= 11 is 0. The Labute approximate surface area is 226 Å². The number of hydrogen-bond donors (Lipinski definition) is 0. The predicted octanol–water partition coefficient (Wildman–Crippen LogP) is 11.6. The van der Waals surface area contributed by atoms with Gasteiger partial charge < -0.3 is 4.74 Å². The summed E-state index contributed by atoms with van der Waals surface area (Å²) in [4.78, 5) is 0. The Hall–Kier alpha value is -1.34. The minimum atomic E-state index is 0.702. The van der Waals surface area contributed by atoms with Gasteiger partial charge in [-0.2, -0.15) is 0 Å². The first kappa shape index (κ1) is 32.7. The third-order valence-corrected chi connectivity index (χ3v) is 7.62. The van der Waals surface area contributed by atoms with E-state index >= 15 is 0 Å². The van der Waals surface area contributed by atoms with Crippen molar-refractivity contribution in [3.63, 3.8) is 0 Å². The molecule has 1 aliphatic carbocycles. The normalized spacial score (nSPS) is 17.8. The Morgan fingerprint density at radius 1 is 0.806 bits per heavy atom. The highest BCUT2D eigenvalue weighted by Gasteiger charge is 2.14. The first-order chi connectivity index (χ1) is 17.5. The molecular formula is C35H60O. The molecule has 0 heterocycles. The van der Waals surface area contributed by atoms with E-state index in [9.17, 15) is 0 Å². The molecular weight excluding hydrogens is 436 g/mol. The second-order valence-electron chi connectivity index (χ2n) is 11.3. The smallest absolute Gasteiger partial charge is 0.0653 e. The monoisotopic (exact) mass is 496 g/mol. The second kappa shape index (κ2) is 22.8. The van der Waals surface area contributed by atoms with Gasteiger partial charge in [-0.15, -0.1) is 0 Å². The van der Waals surface area contributed by atoms with Gasteiger partial charge in [-0.1, -0.05) is 150 Å². The molecule has 1 nitrogen and oxygen atoms in total. The average molecular weight is 497 g/mol. The Morgan fingerprint density at radius 2 is 1.39 bits per heavy atom. The van der Waals surface area contributed by atoms with Crippen molar-refractivity contribution >= 4 is 0 Å². The molecule has 0 aromatic carbocycles. The lowest BCUT2D eigenvalue weighted by Gasteiger charge is -2.22. The van der Waals surface area contributed by atoms with Crippen LogP contribution < -0.4 is 0 Å². The minimum absolute atomic E-state index is 0.702. The maximum atomic E-state index is 5.82. The zero-order valence-corrected chi connectivity index (χ0v) is 24.9. The molecule has 0 saturated carbocycles. The van der Waals surface area contributed by atoms with Crippen LogP contribution in [-0.4, -0.2) is 13.2 Å². The van der Waals surface area contributed by atoms with Crippen LogP contribution in [0.4, 0.5) is 0 Å². The summed E-state index contributed by atoms with van der Waals surface area (Å²) in [6, 6.07) is 0. The van der Waals surface area contributed by atoms with Crippen molar-refractivity contribution in [2.24, 2.45) is 5.92 Å². The number of rotatable bonds is 21. The van der Waals surface area contributed by atoms with E-state index in [0.717, 1.165) is 13.2 Å². The van der Waals surface area contributed by atoms with E-state index in [-0.39, 0.29) is 0 Å². The molecule has 0 spiro atoms. The van der Waals surface area contributed by atoms with Gasteiger partial charge >= 0.3 is 0 Å². The Balaban J connectivity index is 2.01. The van der Waals surface area contributed by atoms with Gasteiger partial charge in [0, 0.05) is 6.61 Å². The van der Waals surface area contributed by atoms with Crippen LogP contribution in [0.2, 0.25) is 0 Å². The summed E-state index contributed by atoms with van der Waals surface area (Å²) in [7, 11) is 0. The molecule has 0 amide bonds. The van der Waals surface area contributed by atoms with E-state index in [1.807, 2.05) is 0 Å². The van der Waals surface area contributed by atoms with E-state index < -0.39 is 0 Å². The zero-order chi connectivity index (χ0) is 26.3. The summed E-state index contributed by atoms with van der Waals surface area (Å²) in [6.07, 6.45) is 36.9. The van der Waals surface area contributed by atoms with Gasteiger partial charge in [0.1, 0.15) is 0 Å². The molecule has 0 radical (unpaired) electrons. The van der Waals surface area contributed by atoms with Crippen molar-refractivity contribution in [2.45, 2.75) is 144 Å². The van der Waals surface area contributed by atoms with Crippen LogP contribution in [0, 0.1) is 5.92 Å². The Kier molecular flexibility index (Phi) is 20.7. The SMILES string of the molecule is CCCCCCCCCCCCCCCCOC/C=C(C)/C=C/C=C(C)/C=C/C1=C(C)CCCC1C. The van der Waals surface area contributed by atoms with Crippen LogP contribution in [0.1, 0.15) is 144 Å². The summed E-state index contributed by atoms with van der Waals surface area (Å²) in [5.74, 6) is 0.702. The maximum absolute atomic E-state index is 5.82. The number of allylic oxidation sites excluding steroid dienone is 9. The number of hydrogen-bond acceptors (Lipinski definition) is 1. The zero-order valence-electron chi connectivity index (χ0n) is 24.9. The molecule has 206 valence electrons. The average Bonchev–Trinajstić information content (AvgIpc) is 2.85. The van der Waals surface area contributed by atoms with Crippen LogP contribution in [0.5, 0.6) is 0 Å². The molecule has 1 atom stereocenters. The van der Waals surface area contributed by atoms with Crippen LogP contribution in [0.3, 0.4) is 0 Å². The minimum Gasteiger partial charge on any atom is -0.377 e. The second-order valence-corrected chi connectivity index (χ2v) is 11.3. The third kappa shape index (κ3) is 18.0. The maximum Gasteiger partial charge on any atom is 0.0653 e. The van der Waals surface area contributed by atoms with E-state index in [1.54, 1.807) is 11.1 Å². The molecule has 0 N–H and O–H groups in total. The first-order valence-electron chi connectivity index (χ1n) is 15.5. The first-order valence-corrected chi connectivity index (χ1v) is 15.5. The Bertz CT molecular complexity index is 687. The summed E-state index contributed by atoms with van der Waals surface area (Å²) in [5.41, 5.74) is 5.68. The standard InChI is InChI=1S/C35H60O/c1-6-7-8-9-10-11-12-13-14-15-16-17-18-19-29-36-30-28-32(3)23-20-22-31(2)26-27-35-33(4)24-21-25-34(35)5/h20,22-23,26-28,33H,6-19,21,24-25,29-30H2,1-5H3/b23-20+,27-26+,31-22+,32-28+.